The van der Waals surface area contributed by atoms with Crippen LogP contribution in [0.2, 0.25) is 0 Å². The number of nitrogens with zero attached hydrogens (tertiary/aromatic N) is 1. The summed E-state index contributed by atoms with van der Waals surface area (Å²) >= 11 is 0. The predicted octanol–water partition coefficient (Wildman–Crippen LogP) is 4.29. The molecule has 2 aromatic carbocycles. The van der Waals surface area contributed by atoms with E-state index in [1.54, 1.807) is 0 Å². The molecule has 21 heavy (non-hydrogen) atoms. The zero-order valence-corrected chi connectivity index (χ0v) is 12.4. The van der Waals surface area contributed by atoms with Gasteiger partial charge in [-0.3, -0.25) is 0 Å². The van der Waals surface area contributed by atoms with Crippen molar-refractivity contribution in [2.24, 2.45) is 0 Å². The van der Waals surface area contributed by atoms with E-state index in [9.17, 15) is 0 Å². The number of aryl methyl sites for hydroxylation is 2. The Morgan fingerprint density at radius 1 is 0.857 bits per heavy atom. The molecule has 1 aliphatic heterocycles. The van der Waals surface area contributed by atoms with E-state index in [0.29, 0.717) is 0 Å². The van der Waals surface area contributed by atoms with Gasteiger partial charge in [0.15, 0.2) is 12.7 Å². The Morgan fingerprint density at radius 3 is 2.67 bits per heavy atom. The first-order chi connectivity index (χ1) is 10.2. The molecule has 0 amide bonds. The maximum atomic E-state index is 2.34. The minimum Gasteiger partial charge on any atom is -0.194 e. The van der Waals surface area contributed by atoms with Crippen molar-refractivity contribution < 1.29 is 4.57 Å². The average Bonchev–Trinajstić information content (AvgIpc) is 2.87. The van der Waals surface area contributed by atoms with Crippen molar-refractivity contribution >= 4 is 0 Å². The SMILES string of the molecule is Cc1ccc(C)c(-c2ccc3c(c2)-c2cccc[n+]2C3)c1. The molecule has 3 aromatic rings. The van der Waals surface area contributed by atoms with Gasteiger partial charge in [0.05, 0.1) is 5.56 Å². The maximum Gasteiger partial charge on any atom is 0.213 e. The molecule has 1 nitrogen and oxygen atoms in total. The van der Waals surface area contributed by atoms with Gasteiger partial charge in [-0.2, -0.15) is 4.57 Å². The molecule has 0 saturated carbocycles. The lowest BCUT2D eigenvalue weighted by molar-refractivity contribution is -0.672. The molecule has 0 saturated heterocycles. The van der Waals surface area contributed by atoms with Gasteiger partial charge in [0.2, 0.25) is 5.69 Å². The first-order valence-electron chi connectivity index (χ1n) is 7.42. The minimum absolute atomic E-state index is 0.985. The third kappa shape index (κ3) is 1.97. The molecule has 0 N–H and O–H groups in total. The monoisotopic (exact) mass is 272 g/mol. The third-order valence-electron chi connectivity index (χ3n) is 4.37. The van der Waals surface area contributed by atoms with Gasteiger partial charge in [-0.15, -0.1) is 0 Å². The van der Waals surface area contributed by atoms with E-state index in [-0.39, 0.29) is 0 Å². The lowest BCUT2D eigenvalue weighted by atomic mass is 9.95. The summed E-state index contributed by atoms with van der Waals surface area (Å²) in [5, 5.41) is 0. The highest BCUT2D eigenvalue weighted by atomic mass is 15.0. The summed E-state index contributed by atoms with van der Waals surface area (Å²) in [6.45, 7) is 5.32. The summed E-state index contributed by atoms with van der Waals surface area (Å²) in [6.07, 6.45) is 2.16. The standard InChI is InChI=1S/C20H18N/c1-14-6-7-15(2)18(11-14)16-8-9-17-13-21-10-4-3-5-20(21)19(17)12-16/h3-12H,13H2,1-2H3/q+1. The fraction of sp³-hybridized carbons (Fsp3) is 0.150. The fourth-order valence-electron chi connectivity index (χ4n) is 3.21. The highest BCUT2D eigenvalue weighted by molar-refractivity contribution is 5.75. The first-order valence-corrected chi connectivity index (χ1v) is 7.42. The van der Waals surface area contributed by atoms with Crippen molar-refractivity contribution in [3.8, 4) is 22.4 Å². The number of pyridine rings is 1. The van der Waals surface area contributed by atoms with E-state index in [4.69, 9.17) is 0 Å². The first kappa shape index (κ1) is 12.3. The zero-order chi connectivity index (χ0) is 14.4. The van der Waals surface area contributed by atoms with Crippen LogP contribution in [0.4, 0.5) is 0 Å². The van der Waals surface area contributed by atoms with Gasteiger partial charge < -0.3 is 0 Å². The number of aromatic nitrogens is 1. The largest absolute Gasteiger partial charge is 0.213 e. The van der Waals surface area contributed by atoms with Crippen LogP contribution in [-0.4, -0.2) is 0 Å². The van der Waals surface area contributed by atoms with Gasteiger partial charge in [0, 0.05) is 17.7 Å². The molecule has 102 valence electrons. The van der Waals surface area contributed by atoms with Crippen LogP contribution >= 0.6 is 0 Å². The zero-order valence-electron chi connectivity index (χ0n) is 12.4. The summed E-state index contributed by atoms with van der Waals surface area (Å²) in [6, 6.07) is 20.0. The van der Waals surface area contributed by atoms with Crippen LogP contribution < -0.4 is 4.57 Å². The van der Waals surface area contributed by atoms with Gasteiger partial charge in [-0.05, 0) is 42.7 Å². The molecule has 0 aliphatic carbocycles. The Hall–Kier alpha value is -2.41. The van der Waals surface area contributed by atoms with Gasteiger partial charge in [-0.1, -0.05) is 35.9 Å². The summed E-state index contributed by atoms with van der Waals surface area (Å²) in [7, 11) is 0. The lowest BCUT2D eigenvalue weighted by Crippen LogP contribution is -2.31. The molecule has 0 spiro atoms. The Kier molecular flexibility index (Phi) is 2.68. The Bertz CT molecular complexity index is 846. The number of fused-ring (bicyclic) bond motifs is 3. The van der Waals surface area contributed by atoms with Crippen LogP contribution in [0.1, 0.15) is 16.7 Å². The van der Waals surface area contributed by atoms with E-state index < -0.39 is 0 Å². The Labute approximate surface area is 125 Å². The molecule has 0 atom stereocenters. The second-order valence-corrected chi connectivity index (χ2v) is 5.90. The number of hydrogen-bond acceptors (Lipinski definition) is 0. The van der Waals surface area contributed by atoms with Crippen molar-refractivity contribution in [3.63, 3.8) is 0 Å². The Balaban J connectivity index is 1.90. The molecule has 0 bridgehead atoms. The smallest absolute Gasteiger partial charge is 0.194 e. The van der Waals surface area contributed by atoms with Crippen LogP contribution in [0.25, 0.3) is 22.4 Å². The van der Waals surface area contributed by atoms with E-state index >= 15 is 0 Å². The van der Waals surface area contributed by atoms with Gasteiger partial charge in [-0.25, -0.2) is 0 Å². The average molecular weight is 272 g/mol. The fourth-order valence-corrected chi connectivity index (χ4v) is 3.21. The van der Waals surface area contributed by atoms with E-state index in [0.717, 1.165) is 6.54 Å². The molecule has 2 heterocycles. The quantitative estimate of drug-likeness (QED) is 0.455. The molecule has 0 fully saturated rings. The van der Waals surface area contributed by atoms with Crippen LogP contribution in [0.5, 0.6) is 0 Å². The highest BCUT2D eigenvalue weighted by Gasteiger charge is 2.25. The van der Waals surface area contributed by atoms with Crippen molar-refractivity contribution in [1.82, 2.24) is 0 Å². The molecule has 1 aliphatic rings. The molecule has 0 radical (unpaired) electrons. The summed E-state index contributed by atoms with van der Waals surface area (Å²) in [5.74, 6) is 0. The van der Waals surface area contributed by atoms with Crippen molar-refractivity contribution in [1.29, 1.82) is 0 Å². The van der Waals surface area contributed by atoms with Gasteiger partial charge in [0.25, 0.3) is 0 Å². The van der Waals surface area contributed by atoms with E-state index in [2.05, 4.69) is 79.2 Å². The van der Waals surface area contributed by atoms with E-state index in [1.807, 2.05) is 0 Å². The van der Waals surface area contributed by atoms with Crippen LogP contribution in [0.15, 0.2) is 60.8 Å². The summed E-state index contributed by atoms with van der Waals surface area (Å²) in [5.41, 5.74) is 9.40. The van der Waals surface area contributed by atoms with E-state index in [1.165, 1.54) is 39.1 Å². The van der Waals surface area contributed by atoms with Crippen molar-refractivity contribution in [3.05, 3.63) is 77.5 Å². The molecule has 1 heteroatoms. The highest BCUT2D eigenvalue weighted by Crippen LogP contribution is 2.32. The minimum atomic E-state index is 0.985. The predicted molar refractivity (Wildman–Crippen MR) is 86.1 cm³/mol. The lowest BCUT2D eigenvalue weighted by Gasteiger charge is -2.08. The summed E-state index contributed by atoms with van der Waals surface area (Å²) < 4.78 is 2.32. The van der Waals surface area contributed by atoms with Crippen molar-refractivity contribution in [2.45, 2.75) is 20.4 Å². The third-order valence-corrected chi connectivity index (χ3v) is 4.37. The van der Waals surface area contributed by atoms with Crippen LogP contribution in [0, 0.1) is 13.8 Å². The Morgan fingerprint density at radius 2 is 1.76 bits per heavy atom. The number of hydrogen-bond donors (Lipinski definition) is 0. The maximum absolute atomic E-state index is 2.34. The molecular formula is C20H18N+. The second kappa shape index (κ2) is 4.56. The topological polar surface area (TPSA) is 3.88 Å². The van der Waals surface area contributed by atoms with Crippen LogP contribution in [-0.2, 0) is 6.54 Å². The number of rotatable bonds is 1. The molecule has 1 aromatic heterocycles. The normalized spacial score (nSPS) is 12.1. The summed E-state index contributed by atoms with van der Waals surface area (Å²) in [4.78, 5) is 0. The van der Waals surface area contributed by atoms with Gasteiger partial charge in [0.1, 0.15) is 0 Å². The van der Waals surface area contributed by atoms with Crippen molar-refractivity contribution in [2.75, 3.05) is 0 Å². The second-order valence-electron chi connectivity index (χ2n) is 5.90. The molecule has 0 unspecified atom stereocenters. The van der Waals surface area contributed by atoms with Crippen LogP contribution in [0.3, 0.4) is 0 Å². The molecular weight excluding hydrogens is 254 g/mol. The van der Waals surface area contributed by atoms with Gasteiger partial charge >= 0.3 is 0 Å². The number of benzene rings is 2. The molecule has 4 rings (SSSR count).